The molecular formula is C17H18ClN5O2. The Labute approximate surface area is 150 Å². The van der Waals surface area contributed by atoms with Crippen molar-refractivity contribution in [1.29, 1.82) is 0 Å². The smallest absolute Gasteiger partial charge is 0.276 e. The Morgan fingerprint density at radius 3 is 2.76 bits per heavy atom. The van der Waals surface area contributed by atoms with Gasteiger partial charge in [-0.05, 0) is 38.1 Å². The number of anilines is 1. The third kappa shape index (κ3) is 3.83. The van der Waals surface area contributed by atoms with Gasteiger partial charge in [-0.15, -0.1) is 0 Å². The Morgan fingerprint density at radius 2 is 2.08 bits per heavy atom. The molecule has 2 heterocycles. The molecule has 0 aliphatic carbocycles. The van der Waals surface area contributed by atoms with E-state index in [4.69, 9.17) is 16.3 Å². The van der Waals surface area contributed by atoms with E-state index in [-0.39, 0.29) is 12.6 Å². The molecule has 0 aliphatic heterocycles. The standard InChI is InChI=1S/C17H18ClN5O2/c1-11-16(12(2)22(3)20-11)19-17(24)15-7-8-23(21-15)10-25-14-6-4-5-13(18)9-14/h4-9H,10H2,1-3H3,(H,19,24). The van der Waals surface area contributed by atoms with Gasteiger partial charge in [0, 0.05) is 18.3 Å². The molecule has 1 amide bonds. The fraction of sp³-hybridized carbons (Fsp3) is 0.235. The van der Waals surface area contributed by atoms with Gasteiger partial charge in [0.05, 0.1) is 17.1 Å². The average Bonchev–Trinajstić information content (AvgIpc) is 3.14. The molecule has 3 aromatic rings. The van der Waals surface area contributed by atoms with Crippen LogP contribution < -0.4 is 10.1 Å². The first kappa shape index (κ1) is 17.0. The normalized spacial score (nSPS) is 10.7. The van der Waals surface area contributed by atoms with Gasteiger partial charge in [0.15, 0.2) is 12.4 Å². The van der Waals surface area contributed by atoms with E-state index in [1.54, 1.807) is 45.9 Å². The van der Waals surface area contributed by atoms with Crippen molar-refractivity contribution in [3.63, 3.8) is 0 Å². The Hall–Kier alpha value is -2.80. The molecule has 7 nitrogen and oxygen atoms in total. The summed E-state index contributed by atoms with van der Waals surface area (Å²) < 4.78 is 8.86. The van der Waals surface area contributed by atoms with E-state index in [1.165, 1.54) is 0 Å². The highest BCUT2D eigenvalue weighted by Crippen LogP contribution is 2.19. The van der Waals surface area contributed by atoms with Gasteiger partial charge in [0.25, 0.3) is 5.91 Å². The minimum Gasteiger partial charge on any atom is -0.471 e. The number of rotatable bonds is 5. The SMILES string of the molecule is Cc1nn(C)c(C)c1NC(=O)c1ccn(COc2cccc(Cl)c2)n1. The molecular weight excluding hydrogens is 342 g/mol. The number of amides is 1. The summed E-state index contributed by atoms with van der Waals surface area (Å²) in [6, 6.07) is 8.73. The van der Waals surface area contributed by atoms with Crippen LogP contribution in [0.25, 0.3) is 0 Å². The third-order valence-electron chi connectivity index (χ3n) is 3.78. The maximum absolute atomic E-state index is 12.4. The summed E-state index contributed by atoms with van der Waals surface area (Å²) in [5, 5.41) is 12.0. The molecule has 25 heavy (non-hydrogen) atoms. The van der Waals surface area contributed by atoms with E-state index >= 15 is 0 Å². The highest BCUT2D eigenvalue weighted by Gasteiger charge is 2.15. The average molecular weight is 360 g/mol. The summed E-state index contributed by atoms with van der Waals surface area (Å²) in [7, 11) is 1.83. The van der Waals surface area contributed by atoms with Crippen molar-refractivity contribution in [3.8, 4) is 5.75 Å². The van der Waals surface area contributed by atoms with Crippen LogP contribution in [-0.2, 0) is 13.8 Å². The fourth-order valence-corrected chi connectivity index (χ4v) is 2.56. The number of nitrogens with one attached hydrogen (secondary N) is 1. The second-order valence-corrected chi connectivity index (χ2v) is 6.03. The van der Waals surface area contributed by atoms with Crippen molar-refractivity contribution in [2.24, 2.45) is 7.05 Å². The van der Waals surface area contributed by atoms with E-state index in [9.17, 15) is 4.79 Å². The zero-order valence-corrected chi connectivity index (χ0v) is 14.9. The second kappa shape index (κ2) is 6.98. The number of carbonyl (C=O) groups excluding carboxylic acids is 1. The first-order valence-corrected chi connectivity index (χ1v) is 8.05. The van der Waals surface area contributed by atoms with Crippen LogP contribution >= 0.6 is 11.6 Å². The molecule has 1 N–H and O–H groups in total. The maximum atomic E-state index is 12.4. The van der Waals surface area contributed by atoms with Gasteiger partial charge >= 0.3 is 0 Å². The van der Waals surface area contributed by atoms with Crippen LogP contribution in [-0.4, -0.2) is 25.5 Å². The van der Waals surface area contributed by atoms with Crippen molar-refractivity contribution >= 4 is 23.2 Å². The monoisotopic (exact) mass is 359 g/mol. The minimum absolute atomic E-state index is 0.179. The van der Waals surface area contributed by atoms with Crippen LogP contribution in [0.2, 0.25) is 5.02 Å². The lowest BCUT2D eigenvalue weighted by molar-refractivity contribution is 0.102. The number of ether oxygens (including phenoxy) is 1. The summed E-state index contributed by atoms with van der Waals surface area (Å²) in [6.07, 6.45) is 1.68. The Balaban J connectivity index is 1.65. The molecule has 0 saturated carbocycles. The molecule has 1 aromatic carbocycles. The molecule has 2 aromatic heterocycles. The summed E-state index contributed by atoms with van der Waals surface area (Å²) in [6.45, 7) is 3.92. The van der Waals surface area contributed by atoms with Gasteiger partial charge in [-0.3, -0.25) is 9.48 Å². The van der Waals surface area contributed by atoms with Crippen LogP contribution in [0.15, 0.2) is 36.5 Å². The number of hydrogen-bond acceptors (Lipinski definition) is 4. The van der Waals surface area contributed by atoms with Crippen LogP contribution in [0.5, 0.6) is 5.75 Å². The molecule has 0 saturated heterocycles. The molecule has 0 fully saturated rings. The molecule has 0 aliphatic rings. The molecule has 130 valence electrons. The Morgan fingerprint density at radius 1 is 1.28 bits per heavy atom. The van der Waals surface area contributed by atoms with E-state index in [0.29, 0.717) is 22.2 Å². The first-order chi connectivity index (χ1) is 11.9. The van der Waals surface area contributed by atoms with E-state index in [2.05, 4.69) is 15.5 Å². The van der Waals surface area contributed by atoms with Crippen LogP contribution in [0.4, 0.5) is 5.69 Å². The second-order valence-electron chi connectivity index (χ2n) is 5.59. The lowest BCUT2D eigenvalue weighted by Gasteiger charge is -2.06. The van der Waals surface area contributed by atoms with Gasteiger partial charge in [-0.2, -0.15) is 10.2 Å². The zero-order chi connectivity index (χ0) is 18.0. The summed E-state index contributed by atoms with van der Waals surface area (Å²) in [4.78, 5) is 12.4. The summed E-state index contributed by atoms with van der Waals surface area (Å²) in [5.74, 6) is 0.344. The van der Waals surface area contributed by atoms with Gasteiger partial charge in [0.1, 0.15) is 5.75 Å². The van der Waals surface area contributed by atoms with Gasteiger partial charge in [0.2, 0.25) is 0 Å². The first-order valence-electron chi connectivity index (χ1n) is 7.67. The van der Waals surface area contributed by atoms with Crippen LogP contribution in [0.3, 0.4) is 0 Å². The quantitative estimate of drug-likeness (QED) is 0.759. The Bertz CT molecular complexity index is 916. The molecule has 3 rings (SSSR count). The number of hydrogen-bond donors (Lipinski definition) is 1. The van der Waals surface area contributed by atoms with Gasteiger partial charge in [-0.1, -0.05) is 17.7 Å². The number of aromatic nitrogens is 4. The van der Waals surface area contributed by atoms with Crippen molar-refractivity contribution in [2.75, 3.05) is 5.32 Å². The highest BCUT2D eigenvalue weighted by molar-refractivity contribution is 6.30. The van der Waals surface area contributed by atoms with Crippen molar-refractivity contribution in [3.05, 3.63) is 58.6 Å². The number of halogens is 1. The predicted octanol–water partition coefficient (Wildman–Crippen LogP) is 3.18. The summed E-state index contributed by atoms with van der Waals surface area (Å²) >= 11 is 5.91. The summed E-state index contributed by atoms with van der Waals surface area (Å²) in [5.41, 5.74) is 2.65. The number of nitrogens with zero attached hydrogens (tertiary/aromatic N) is 4. The fourth-order valence-electron chi connectivity index (χ4n) is 2.38. The van der Waals surface area contributed by atoms with E-state index in [0.717, 1.165) is 11.4 Å². The molecule has 8 heteroatoms. The van der Waals surface area contributed by atoms with Gasteiger partial charge in [-0.25, -0.2) is 4.68 Å². The largest absolute Gasteiger partial charge is 0.471 e. The molecule has 0 spiro atoms. The maximum Gasteiger partial charge on any atom is 0.276 e. The predicted molar refractivity (Wildman–Crippen MR) is 94.9 cm³/mol. The Kier molecular flexibility index (Phi) is 4.76. The lowest BCUT2D eigenvalue weighted by atomic mass is 10.3. The van der Waals surface area contributed by atoms with E-state index in [1.807, 2.05) is 20.9 Å². The molecule has 0 atom stereocenters. The number of aryl methyl sites for hydroxylation is 2. The van der Waals surface area contributed by atoms with Crippen molar-refractivity contribution in [2.45, 2.75) is 20.6 Å². The molecule has 0 radical (unpaired) electrons. The van der Waals surface area contributed by atoms with Crippen molar-refractivity contribution in [1.82, 2.24) is 19.6 Å². The molecule has 0 bridgehead atoms. The minimum atomic E-state index is -0.291. The third-order valence-corrected chi connectivity index (χ3v) is 4.02. The van der Waals surface area contributed by atoms with Crippen molar-refractivity contribution < 1.29 is 9.53 Å². The highest BCUT2D eigenvalue weighted by atomic mass is 35.5. The number of benzene rings is 1. The zero-order valence-electron chi connectivity index (χ0n) is 14.2. The molecule has 0 unspecified atom stereocenters. The topological polar surface area (TPSA) is 74.0 Å². The van der Waals surface area contributed by atoms with E-state index < -0.39 is 0 Å². The number of carbonyl (C=O) groups is 1. The van der Waals surface area contributed by atoms with Crippen LogP contribution in [0, 0.1) is 13.8 Å². The van der Waals surface area contributed by atoms with Crippen LogP contribution in [0.1, 0.15) is 21.9 Å². The lowest BCUT2D eigenvalue weighted by Crippen LogP contribution is -2.15. The van der Waals surface area contributed by atoms with Gasteiger partial charge < -0.3 is 10.1 Å².